The minimum Gasteiger partial charge on any atom is -0.478 e. The van der Waals surface area contributed by atoms with Gasteiger partial charge in [0.25, 0.3) is 0 Å². The number of hydrogen-bond donors (Lipinski definition) is 1. The summed E-state index contributed by atoms with van der Waals surface area (Å²) in [6.07, 6.45) is 5.19. The third kappa shape index (κ3) is 5.33. The molecule has 1 aliphatic heterocycles. The molecule has 1 aliphatic rings. The molecule has 0 amide bonds. The van der Waals surface area contributed by atoms with Crippen LogP contribution in [-0.2, 0) is 16.1 Å². The zero-order valence-corrected chi connectivity index (χ0v) is 12.5. The summed E-state index contributed by atoms with van der Waals surface area (Å²) in [4.78, 5) is 13.0. The average Bonchev–Trinajstić information content (AvgIpc) is 2.48. The van der Waals surface area contributed by atoms with Gasteiger partial charge >= 0.3 is 5.97 Å². The number of rotatable bonds is 6. The maximum atomic E-state index is 10.6. The standard InChI is InChI=1S/C17H23NO3/c1-21-13-15-7-9-18(10-8-15)12-16-4-2-3-14(11-16)5-6-17(19)20/h2-6,11,15H,7-10,12-13H2,1H3,(H,19,20). The Morgan fingerprint density at radius 3 is 2.86 bits per heavy atom. The molecular weight excluding hydrogens is 266 g/mol. The zero-order valence-electron chi connectivity index (χ0n) is 12.5. The second-order valence-corrected chi connectivity index (χ2v) is 5.59. The number of carboxylic acids is 1. The molecule has 0 saturated carbocycles. The first-order valence-electron chi connectivity index (χ1n) is 7.38. The Kier molecular flexibility index (Phi) is 5.96. The molecule has 0 aromatic heterocycles. The van der Waals surface area contributed by atoms with Crippen molar-refractivity contribution in [3.8, 4) is 0 Å². The van der Waals surface area contributed by atoms with E-state index >= 15 is 0 Å². The van der Waals surface area contributed by atoms with Crippen LogP contribution in [0.25, 0.3) is 6.08 Å². The molecule has 4 heteroatoms. The molecule has 114 valence electrons. The first-order valence-corrected chi connectivity index (χ1v) is 7.38. The summed E-state index contributed by atoms with van der Waals surface area (Å²) in [5, 5.41) is 8.67. The zero-order chi connectivity index (χ0) is 15.1. The SMILES string of the molecule is COCC1CCN(Cc2cccc(C=CC(=O)O)c2)CC1. The normalized spacial score (nSPS) is 17.4. The van der Waals surface area contributed by atoms with Crippen LogP contribution in [0.5, 0.6) is 0 Å². The van der Waals surface area contributed by atoms with Crippen molar-refractivity contribution in [1.82, 2.24) is 4.90 Å². The van der Waals surface area contributed by atoms with Crippen molar-refractivity contribution in [3.05, 3.63) is 41.5 Å². The number of carboxylic acid groups (broad SMARTS) is 1. The van der Waals surface area contributed by atoms with Crippen LogP contribution in [0.15, 0.2) is 30.3 Å². The van der Waals surface area contributed by atoms with Gasteiger partial charge in [-0.2, -0.15) is 0 Å². The number of aliphatic carboxylic acids is 1. The van der Waals surface area contributed by atoms with Crippen LogP contribution in [0.4, 0.5) is 0 Å². The number of nitrogens with zero attached hydrogens (tertiary/aromatic N) is 1. The maximum Gasteiger partial charge on any atom is 0.328 e. The van der Waals surface area contributed by atoms with Crippen LogP contribution in [0.1, 0.15) is 24.0 Å². The van der Waals surface area contributed by atoms with Gasteiger partial charge in [-0.15, -0.1) is 0 Å². The fraction of sp³-hybridized carbons (Fsp3) is 0.471. The fourth-order valence-electron chi connectivity index (χ4n) is 2.77. The lowest BCUT2D eigenvalue weighted by Gasteiger charge is -2.31. The molecule has 0 bridgehead atoms. The van der Waals surface area contributed by atoms with Gasteiger partial charge in [-0.1, -0.05) is 24.3 Å². The van der Waals surface area contributed by atoms with Gasteiger partial charge in [0.2, 0.25) is 0 Å². The first-order chi connectivity index (χ1) is 10.2. The molecule has 0 atom stereocenters. The lowest BCUT2D eigenvalue weighted by molar-refractivity contribution is -0.131. The Morgan fingerprint density at radius 1 is 1.43 bits per heavy atom. The lowest BCUT2D eigenvalue weighted by atomic mass is 9.97. The van der Waals surface area contributed by atoms with Crippen LogP contribution < -0.4 is 0 Å². The number of methoxy groups -OCH3 is 1. The van der Waals surface area contributed by atoms with Crippen molar-refractivity contribution in [3.63, 3.8) is 0 Å². The molecule has 2 rings (SSSR count). The molecule has 0 spiro atoms. The van der Waals surface area contributed by atoms with Crippen molar-refractivity contribution in [2.45, 2.75) is 19.4 Å². The summed E-state index contributed by atoms with van der Waals surface area (Å²) in [5.41, 5.74) is 2.16. The summed E-state index contributed by atoms with van der Waals surface area (Å²) in [5.74, 6) is -0.225. The number of likely N-dealkylation sites (tertiary alicyclic amines) is 1. The van der Waals surface area contributed by atoms with E-state index in [0.717, 1.165) is 31.8 Å². The molecule has 1 aromatic rings. The molecular formula is C17H23NO3. The molecule has 1 heterocycles. The largest absolute Gasteiger partial charge is 0.478 e. The molecule has 1 aromatic carbocycles. The van der Waals surface area contributed by atoms with Crippen LogP contribution in [0.3, 0.4) is 0 Å². The number of carbonyl (C=O) groups is 1. The Hall–Kier alpha value is -1.65. The van der Waals surface area contributed by atoms with E-state index in [2.05, 4.69) is 17.0 Å². The predicted molar refractivity (Wildman–Crippen MR) is 83.0 cm³/mol. The predicted octanol–water partition coefficient (Wildman–Crippen LogP) is 2.64. The number of ether oxygens (including phenoxy) is 1. The van der Waals surface area contributed by atoms with Gasteiger partial charge in [0, 0.05) is 26.3 Å². The smallest absolute Gasteiger partial charge is 0.328 e. The second-order valence-electron chi connectivity index (χ2n) is 5.59. The van der Waals surface area contributed by atoms with E-state index in [0.29, 0.717) is 5.92 Å². The molecule has 0 aliphatic carbocycles. The molecule has 21 heavy (non-hydrogen) atoms. The first kappa shape index (κ1) is 15.7. The van der Waals surface area contributed by atoms with Gasteiger partial charge in [-0.3, -0.25) is 4.90 Å². The highest BCUT2D eigenvalue weighted by atomic mass is 16.5. The third-order valence-corrected chi connectivity index (χ3v) is 3.89. The van der Waals surface area contributed by atoms with Crippen molar-refractivity contribution >= 4 is 12.0 Å². The second kappa shape index (κ2) is 7.96. The summed E-state index contributed by atoms with van der Waals surface area (Å²) in [6, 6.07) is 8.06. The molecule has 4 nitrogen and oxygen atoms in total. The van der Waals surface area contributed by atoms with Gasteiger partial charge in [-0.05, 0) is 49.1 Å². The molecule has 1 fully saturated rings. The summed E-state index contributed by atoms with van der Waals surface area (Å²) in [6.45, 7) is 3.99. The van der Waals surface area contributed by atoms with E-state index in [4.69, 9.17) is 9.84 Å². The third-order valence-electron chi connectivity index (χ3n) is 3.89. The van der Waals surface area contributed by atoms with E-state index in [1.165, 1.54) is 24.5 Å². The van der Waals surface area contributed by atoms with Gasteiger partial charge in [-0.25, -0.2) is 4.79 Å². The Labute approximate surface area is 126 Å². The minimum atomic E-state index is -0.916. The van der Waals surface area contributed by atoms with Gasteiger partial charge in [0.1, 0.15) is 0 Å². The minimum absolute atomic E-state index is 0.691. The highest BCUT2D eigenvalue weighted by Gasteiger charge is 2.18. The van der Waals surface area contributed by atoms with Crippen LogP contribution in [-0.4, -0.2) is 42.8 Å². The van der Waals surface area contributed by atoms with Crippen LogP contribution in [0.2, 0.25) is 0 Å². The fourth-order valence-corrected chi connectivity index (χ4v) is 2.77. The molecule has 0 unspecified atom stereocenters. The highest BCUT2D eigenvalue weighted by molar-refractivity contribution is 5.85. The van der Waals surface area contributed by atoms with Crippen LogP contribution in [0, 0.1) is 5.92 Å². The summed E-state index contributed by atoms with van der Waals surface area (Å²) >= 11 is 0. The van der Waals surface area contributed by atoms with Gasteiger partial charge in [0.15, 0.2) is 0 Å². The van der Waals surface area contributed by atoms with Gasteiger partial charge in [0.05, 0.1) is 0 Å². The number of benzene rings is 1. The summed E-state index contributed by atoms with van der Waals surface area (Å²) in [7, 11) is 1.77. The lowest BCUT2D eigenvalue weighted by Crippen LogP contribution is -2.34. The van der Waals surface area contributed by atoms with Gasteiger partial charge < -0.3 is 9.84 Å². The monoisotopic (exact) mass is 289 g/mol. The maximum absolute atomic E-state index is 10.6. The molecule has 1 N–H and O–H groups in total. The van der Waals surface area contributed by atoms with E-state index in [1.807, 2.05) is 12.1 Å². The van der Waals surface area contributed by atoms with Crippen molar-refractivity contribution in [1.29, 1.82) is 0 Å². The number of hydrogen-bond acceptors (Lipinski definition) is 3. The van der Waals surface area contributed by atoms with E-state index in [1.54, 1.807) is 13.2 Å². The van der Waals surface area contributed by atoms with Crippen molar-refractivity contribution < 1.29 is 14.6 Å². The van der Waals surface area contributed by atoms with E-state index in [-0.39, 0.29) is 0 Å². The van der Waals surface area contributed by atoms with E-state index in [9.17, 15) is 4.79 Å². The van der Waals surface area contributed by atoms with Crippen LogP contribution >= 0.6 is 0 Å². The summed E-state index contributed by atoms with van der Waals surface area (Å²) < 4.78 is 5.22. The Balaban J connectivity index is 1.89. The molecule has 1 saturated heterocycles. The topological polar surface area (TPSA) is 49.8 Å². The molecule has 0 radical (unpaired) electrons. The van der Waals surface area contributed by atoms with Crippen molar-refractivity contribution in [2.24, 2.45) is 5.92 Å². The Bertz CT molecular complexity index is 491. The average molecular weight is 289 g/mol. The quantitative estimate of drug-likeness (QED) is 0.818. The van der Waals surface area contributed by atoms with E-state index < -0.39 is 5.97 Å². The Morgan fingerprint density at radius 2 is 2.19 bits per heavy atom. The van der Waals surface area contributed by atoms with Crippen molar-refractivity contribution in [2.75, 3.05) is 26.8 Å². The highest BCUT2D eigenvalue weighted by Crippen LogP contribution is 2.19. The number of piperidine rings is 1.